The Hall–Kier alpha value is -0.630. The molecule has 0 heterocycles. The summed E-state index contributed by atoms with van der Waals surface area (Å²) in [7, 11) is 0. The zero-order valence-electron chi connectivity index (χ0n) is 8.16. The third kappa shape index (κ3) is 1.24. The lowest BCUT2D eigenvalue weighted by Gasteiger charge is -2.27. The molecule has 1 N–H and O–H groups in total. The van der Waals surface area contributed by atoms with Crippen molar-refractivity contribution >= 4 is 5.78 Å². The van der Waals surface area contributed by atoms with Gasteiger partial charge in [-0.2, -0.15) is 0 Å². The van der Waals surface area contributed by atoms with Crippen molar-refractivity contribution in [1.29, 1.82) is 0 Å². The van der Waals surface area contributed by atoms with Crippen LogP contribution >= 0.6 is 0 Å². The molecule has 4 atom stereocenters. The molecule has 13 heavy (non-hydrogen) atoms. The van der Waals surface area contributed by atoms with Gasteiger partial charge in [0.15, 0.2) is 5.78 Å². The molecule has 0 spiro atoms. The second-order valence-electron chi connectivity index (χ2n) is 4.70. The van der Waals surface area contributed by atoms with Gasteiger partial charge in [-0.15, -0.1) is 0 Å². The van der Waals surface area contributed by atoms with Crippen molar-refractivity contribution in [2.75, 3.05) is 0 Å². The standard InChI is InChI=1S/C11H16O2/c1-7(12)10(13)9-5-8-3-4-11(9,2)6-8/h3-4,7-9,12H,5-6H2,1-2H3/t7-,8+,9+,11+/m0/s1. The highest BCUT2D eigenvalue weighted by atomic mass is 16.3. The van der Waals surface area contributed by atoms with Gasteiger partial charge in [0.2, 0.25) is 0 Å². The smallest absolute Gasteiger partial charge is 0.164 e. The fourth-order valence-electron chi connectivity index (χ4n) is 2.78. The van der Waals surface area contributed by atoms with Crippen molar-refractivity contribution in [2.45, 2.75) is 32.8 Å². The molecule has 2 nitrogen and oxygen atoms in total. The highest BCUT2D eigenvalue weighted by molar-refractivity contribution is 5.86. The van der Waals surface area contributed by atoms with Crippen LogP contribution in [0, 0.1) is 17.3 Å². The van der Waals surface area contributed by atoms with E-state index in [0.29, 0.717) is 5.92 Å². The highest BCUT2D eigenvalue weighted by Gasteiger charge is 2.48. The third-order valence-corrected chi connectivity index (χ3v) is 3.54. The summed E-state index contributed by atoms with van der Waals surface area (Å²) >= 11 is 0. The maximum Gasteiger partial charge on any atom is 0.164 e. The Morgan fingerprint density at radius 1 is 1.69 bits per heavy atom. The van der Waals surface area contributed by atoms with Gasteiger partial charge in [-0.25, -0.2) is 0 Å². The second kappa shape index (κ2) is 2.68. The van der Waals surface area contributed by atoms with Crippen LogP contribution in [0.15, 0.2) is 12.2 Å². The van der Waals surface area contributed by atoms with Gasteiger partial charge >= 0.3 is 0 Å². The van der Waals surface area contributed by atoms with Crippen LogP contribution in [0.4, 0.5) is 0 Å². The summed E-state index contributed by atoms with van der Waals surface area (Å²) in [6.45, 7) is 3.70. The molecule has 0 saturated heterocycles. The molecule has 1 fully saturated rings. The first-order valence-electron chi connectivity index (χ1n) is 4.94. The topological polar surface area (TPSA) is 37.3 Å². The molecule has 72 valence electrons. The van der Waals surface area contributed by atoms with Crippen molar-refractivity contribution < 1.29 is 9.90 Å². The van der Waals surface area contributed by atoms with Crippen molar-refractivity contribution in [3.63, 3.8) is 0 Å². The predicted molar refractivity (Wildman–Crippen MR) is 50.1 cm³/mol. The van der Waals surface area contributed by atoms with Gasteiger partial charge in [-0.3, -0.25) is 4.79 Å². The maximum atomic E-state index is 11.7. The highest BCUT2D eigenvalue weighted by Crippen LogP contribution is 2.53. The summed E-state index contributed by atoms with van der Waals surface area (Å²) in [6.07, 6.45) is 5.61. The number of fused-ring (bicyclic) bond motifs is 2. The van der Waals surface area contributed by atoms with E-state index in [1.807, 2.05) is 0 Å². The van der Waals surface area contributed by atoms with Crippen LogP contribution in [0.1, 0.15) is 26.7 Å². The number of allylic oxidation sites excluding steroid dienone is 2. The lowest BCUT2D eigenvalue weighted by Crippen LogP contribution is -2.33. The first kappa shape index (κ1) is 8.95. The van der Waals surface area contributed by atoms with Gasteiger partial charge in [0.25, 0.3) is 0 Å². The lowest BCUT2D eigenvalue weighted by molar-refractivity contribution is -0.132. The molecule has 0 aliphatic heterocycles. The van der Waals surface area contributed by atoms with E-state index in [0.717, 1.165) is 12.8 Å². The Balaban J connectivity index is 2.19. The molecule has 2 bridgehead atoms. The average Bonchev–Trinajstić information content (AvgIpc) is 2.57. The fourth-order valence-corrected chi connectivity index (χ4v) is 2.78. The van der Waals surface area contributed by atoms with Crippen molar-refractivity contribution in [2.24, 2.45) is 17.3 Å². The van der Waals surface area contributed by atoms with E-state index in [2.05, 4.69) is 19.1 Å². The van der Waals surface area contributed by atoms with Crippen LogP contribution in [-0.4, -0.2) is 17.0 Å². The molecule has 0 aromatic rings. The molecule has 1 saturated carbocycles. The molecule has 0 aromatic heterocycles. The number of carbonyl (C=O) groups is 1. The van der Waals surface area contributed by atoms with E-state index in [1.54, 1.807) is 6.92 Å². The van der Waals surface area contributed by atoms with Gasteiger partial charge in [0.1, 0.15) is 6.10 Å². The summed E-state index contributed by atoms with van der Waals surface area (Å²) < 4.78 is 0. The molecule has 0 unspecified atom stereocenters. The Kier molecular flexibility index (Phi) is 1.84. The van der Waals surface area contributed by atoms with Gasteiger partial charge in [0.05, 0.1) is 0 Å². The van der Waals surface area contributed by atoms with E-state index >= 15 is 0 Å². The minimum atomic E-state index is -0.797. The van der Waals surface area contributed by atoms with Gasteiger partial charge < -0.3 is 5.11 Å². The predicted octanol–water partition coefficient (Wildman–Crippen LogP) is 1.54. The molecular formula is C11H16O2. The van der Waals surface area contributed by atoms with Crippen molar-refractivity contribution in [3.05, 3.63) is 12.2 Å². The van der Waals surface area contributed by atoms with E-state index in [1.165, 1.54) is 0 Å². The molecule has 2 aliphatic rings. The second-order valence-corrected chi connectivity index (χ2v) is 4.70. The Bertz CT molecular complexity index is 267. The van der Waals surface area contributed by atoms with E-state index in [9.17, 15) is 9.90 Å². The van der Waals surface area contributed by atoms with E-state index in [4.69, 9.17) is 0 Å². The summed E-state index contributed by atoms with van der Waals surface area (Å²) in [5.74, 6) is 0.662. The van der Waals surface area contributed by atoms with Crippen LogP contribution in [0.2, 0.25) is 0 Å². The zero-order valence-corrected chi connectivity index (χ0v) is 8.16. The average molecular weight is 180 g/mol. The minimum absolute atomic E-state index is 0.0225. The van der Waals surface area contributed by atoms with Crippen LogP contribution in [-0.2, 0) is 4.79 Å². The summed E-state index contributed by atoms with van der Waals surface area (Å²) in [5.41, 5.74) is 0.0404. The van der Waals surface area contributed by atoms with E-state index < -0.39 is 6.10 Å². The third-order valence-electron chi connectivity index (χ3n) is 3.54. The quantitative estimate of drug-likeness (QED) is 0.654. The molecule has 0 amide bonds. The number of Topliss-reactive ketones (excluding diaryl/α,β-unsaturated/α-hetero) is 1. The Morgan fingerprint density at radius 3 is 2.77 bits per heavy atom. The number of ketones is 1. The number of carbonyl (C=O) groups excluding carboxylic acids is 1. The number of aliphatic hydroxyl groups excluding tert-OH is 1. The Labute approximate surface area is 78.6 Å². The fraction of sp³-hybridized carbons (Fsp3) is 0.727. The Morgan fingerprint density at radius 2 is 2.38 bits per heavy atom. The summed E-state index contributed by atoms with van der Waals surface area (Å²) in [6, 6.07) is 0. The first-order chi connectivity index (χ1) is 6.03. The van der Waals surface area contributed by atoms with Gasteiger partial charge in [0, 0.05) is 5.92 Å². The van der Waals surface area contributed by atoms with E-state index in [-0.39, 0.29) is 17.1 Å². The van der Waals surface area contributed by atoms with Crippen molar-refractivity contribution in [1.82, 2.24) is 0 Å². The number of aliphatic hydroxyl groups is 1. The first-order valence-corrected chi connectivity index (χ1v) is 4.94. The molecule has 0 radical (unpaired) electrons. The van der Waals surface area contributed by atoms with Gasteiger partial charge in [-0.1, -0.05) is 19.1 Å². The van der Waals surface area contributed by atoms with Crippen LogP contribution in [0.3, 0.4) is 0 Å². The molecule has 2 aliphatic carbocycles. The van der Waals surface area contributed by atoms with Gasteiger partial charge in [-0.05, 0) is 31.1 Å². The molecule has 0 aromatic carbocycles. The number of hydrogen-bond donors (Lipinski definition) is 1. The minimum Gasteiger partial charge on any atom is -0.386 e. The maximum absolute atomic E-state index is 11.7. The SMILES string of the molecule is C[C@H](O)C(=O)[C@H]1C[C@H]2C=C[C@]1(C)C2. The largest absolute Gasteiger partial charge is 0.386 e. The summed E-state index contributed by atoms with van der Waals surface area (Å²) in [5, 5.41) is 9.25. The molecule has 2 rings (SSSR count). The summed E-state index contributed by atoms with van der Waals surface area (Å²) in [4.78, 5) is 11.7. The zero-order chi connectivity index (χ0) is 9.64. The van der Waals surface area contributed by atoms with Crippen LogP contribution in [0.25, 0.3) is 0 Å². The molecular weight excluding hydrogens is 164 g/mol. The normalized spacial score (nSPS) is 43.9. The number of hydrogen-bond acceptors (Lipinski definition) is 2. The number of rotatable bonds is 2. The van der Waals surface area contributed by atoms with Crippen LogP contribution < -0.4 is 0 Å². The lowest BCUT2D eigenvalue weighted by atomic mass is 9.76. The molecule has 2 heteroatoms. The monoisotopic (exact) mass is 180 g/mol. The van der Waals surface area contributed by atoms with Crippen molar-refractivity contribution in [3.8, 4) is 0 Å². The van der Waals surface area contributed by atoms with Crippen LogP contribution in [0.5, 0.6) is 0 Å².